The molecule has 1 saturated heterocycles. The van der Waals surface area contributed by atoms with Gasteiger partial charge in [0.2, 0.25) is 5.91 Å². The zero-order valence-electron chi connectivity index (χ0n) is 19.8. The van der Waals surface area contributed by atoms with Gasteiger partial charge in [0.05, 0.1) is 39.5 Å². The van der Waals surface area contributed by atoms with Gasteiger partial charge in [0.15, 0.2) is 5.96 Å². The molecule has 1 heterocycles. The van der Waals surface area contributed by atoms with Crippen LogP contribution in [-0.2, 0) is 9.53 Å². The Morgan fingerprint density at radius 1 is 1.19 bits per heavy atom. The smallest absolute Gasteiger partial charge is 0.242 e. The number of benzene rings is 1. The van der Waals surface area contributed by atoms with Crippen LogP contribution in [0.5, 0.6) is 5.75 Å². The first-order chi connectivity index (χ1) is 15.0. The third kappa shape index (κ3) is 7.40. The first-order valence-electron chi connectivity index (χ1n) is 11.3. The van der Waals surface area contributed by atoms with Crippen LogP contribution < -0.4 is 10.1 Å². The van der Waals surface area contributed by atoms with Gasteiger partial charge in [0.1, 0.15) is 5.75 Å². The fourth-order valence-electron chi connectivity index (χ4n) is 3.74. The molecule has 31 heavy (non-hydrogen) atoms. The van der Waals surface area contributed by atoms with Crippen molar-refractivity contribution in [3.63, 3.8) is 0 Å². The van der Waals surface area contributed by atoms with E-state index < -0.39 is 0 Å². The fraction of sp³-hybridized carbons (Fsp3) is 0.652. The third-order valence-electron chi connectivity index (χ3n) is 5.59. The Hall–Kier alpha value is -2.32. The Balaban J connectivity index is 2.19. The highest BCUT2D eigenvalue weighted by atomic mass is 16.5. The van der Waals surface area contributed by atoms with Crippen molar-refractivity contribution in [2.24, 2.45) is 4.99 Å². The van der Waals surface area contributed by atoms with Gasteiger partial charge in [-0.3, -0.25) is 14.7 Å². The van der Waals surface area contributed by atoms with Gasteiger partial charge >= 0.3 is 0 Å². The van der Waals surface area contributed by atoms with Gasteiger partial charge in [-0.25, -0.2) is 0 Å². The van der Waals surface area contributed by atoms with Gasteiger partial charge < -0.3 is 24.6 Å². The second-order valence-electron chi connectivity index (χ2n) is 7.55. The van der Waals surface area contributed by atoms with E-state index in [4.69, 9.17) is 14.5 Å². The standard InChI is InChI=1S/C23H39N5O3/c1-6-24-23(26(4)18-22(29)27(7-2)8-3)25-17-21(28-13-15-31-16-14-28)19-9-11-20(30-5)12-10-19/h9-12,21H,6-8,13-18H2,1-5H3,(H,24,25). The van der Waals surface area contributed by atoms with Crippen LogP contribution in [-0.4, -0.2) is 99.8 Å². The normalized spacial score (nSPS) is 16.0. The topological polar surface area (TPSA) is 69.6 Å². The van der Waals surface area contributed by atoms with E-state index in [1.807, 2.05) is 49.8 Å². The number of carbonyl (C=O) groups excluding carboxylic acids is 1. The van der Waals surface area contributed by atoms with E-state index in [1.54, 1.807) is 7.11 Å². The van der Waals surface area contributed by atoms with E-state index in [0.717, 1.165) is 44.6 Å². The van der Waals surface area contributed by atoms with Crippen molar-refractivity contribution in [2.45, 2.75) is 26.8 Å². The summed E-state index contributed by atoms with van der Waals surface area (Å²) in [6.45, 7) is 12.3. The molecular formula is C23H39N5O3. The number of carbonyl (C=O) groups is 1. The summed E-state index contributed by atoms with van der Waals surface area (Å²) in [5.74, 6) is 1.70. The minimum absolute atomic E-state index is 0.109. The maximum atomic E-state index is 12.6. The molecule has 1 aliphatic rings. The quantitative estimate of drug-likeness (QED) is 0.449. The van der Waals surface area contributed by atoms with Gasteiger partial charge in [0.25, 0.3) is 0 Å². The molecule has 1 N–H and O–H groups in total. The lowest BCUT2D eigenvalue weighted by Gasteiger charge is -2.34. The first-order valence-corrected chi connectivity index (χ1v) is 11.3. The van der Waals surface area contributed by atoms with E-state index in [-0.39, 0.29) is 11.9 Å². The van der Waals surface area contributed by atoms with E-state index in [9.17, 15) is 4.79 Å². The Kier molecular flexibility index (Phi) is 10.6. The monoisotopic (exact) mass is 433 g/mol. The molecule has 2 rings (SSSR count). The minimum atomic E-state index is 0.109. The lowest BCUT2D eigenvalue weighted by molar-refractivity contribution is -0.131. The fourth-order valence-corrected chi connectivity index (χ4v) is 3.74. The molecule has 1 aliphatic heterocycles. The molecule has 0 spiro atoms. The molecule has 0 aliphatic carbocycles. The third-order valence-corrected chi connectivity index (χ3v) is 5.59. The molecule has 1 fully saturated rings. The van der Waals surface area contributed by atoms with Crippen LogP contribution in [0.1, 0.15) is 32.4 Å². The highest BCUT2D eigenvalue weighted by Gasteiger charge is 2.23. The number of rotatable bonds is 10. The van der Waals surface area contributed by atoms with Crippen molar-refractivity contribution in [2.75, 3.05) is 73.2 Å². The summed E-state index contributed by atoms with van der Waals surface area (Å²) in [7, 11) is 3.59. The van der Waals surface area contributed by atoms with Crippen molar-refractivity contribution in [3.05, 3.63) is 29.8 Å². The van der Waals surface area contributed by atoms with Crippen LogP contribution in [0.25, 0.3) is 0 Å². The molecule has 1 amide bonds. The van der Waals surface area contributed by atoms with Crippen LogP contribution >= 0.6 is 0 Å². The Bertz CT molecular complexity index is 685. The molecule has 8 nitrogen and oxygen atoms in total. The second-order valence-corrected chi connectivity index (χ2v) is 7.55. The van der Waals surface area contributed by atoms with E-state index in [2.05, 4.69) is 22.3 Å². The summed E-state index contributed by atoms with van der Waals surface area (Å²) >= 11 is 0. The van der Waals surface area contributed by atoms with Crippen LogP contribution in [0.3, 0.4) is 0 Å². The van der Waals surface area contributed by atoms with Gasteiger partial charge in [-0.15, -0.1) is 0 Å². The summed E-state index contributed by atoms with van der Waals surface area (Å²) in [6.07, 6.45) is 0. The van der Waals surface area contributed by atoms with Crippen LogP contribution in [0, 0.1) is 0 Å². The largest absolute Gasteiger partial charge is 0.497 e. The van der Waals surface area contributed by atoms with Gasteiger partial charge in [-0.1, -0.05) is 12.1 Å². The number of nitrogens with zero attached hydrogens (tertiary/aromatic N) is 4. The number of hydrogen-bond acceptors (Lipinski definition) is 5. The molecule has 1 unspecified atom stereocenters. The number of ether oxygens (including phenoxy) is 2. The number of amides is 1. The average molecular weight is 434 g/mol. The molecule has 174 valence electrons. The van der Waals surface area contributed by atoms with Gasteiger partial charge in [0, 0.05) is 39.8 Å². The number of methoxy groups -OCH3 is 1. The van der Waals surface area contributed by atoms with Gasteiger partial charge in [-0.2, -0.15) is 0 Å². The molecule has 0 aromatic heterocycles. The molecule has 0 saturated carbocycles. The molecule has 0 bridgehead atoms. The summed E-state index contributed by atoms with van der Waals surface area (Å²) < 4.78 is 10.9. The number of hydrogen-bond donors (Lipinski definition) is 1. The number of nitrogens with one attached hydrogen (secondary N) is 1. The second kappa shape index (κ2) is 13.2. The molecule has 1 aromatic carbocycles. The highest BCUT2D eigenvalue weighted by molar-refractivity contribution is 5.86. The Morgan fingerprint density at radius 2 is 1.84 bits per heavy atom. The molecule has 1 aromatic rings. The van der Waals surface area contributed by atoms with Crippen LogP contribution in [0.4, 0.5) is 0 Å². The highest BCUT2D eigenvalue weighted by Crippen LogP contribution is 2.24. The van der Waals surface area contributed by atoms with E-state index in [0.29, 0.717) is 26.2 Å². The van der Waals surface area contributed by atoms with E-state index in [1.165, 1.54) is 5.56 Å². The molecular weight excluding hydrogens is 394 g/mol. The summed E-state index contributed by atoms with van der Waals surface area (Å²) in [4.78, 5) is 23.6. The number of morpholine rings is 1. The van der Waals surface area contributed by atoms with Crippen molar-refractivity contribution < 1.29 is 14.3 Å². The van der Waals surface area contributed by atoms with Crippen molar-refractivity contribution >= 4 is 11.9 Å². The maximum absolute atomic E-state index is 12.6. The van der Waals surface area contributed by atoms with Gasteiger partial charge in [-0.05, 0) is 38.5 Å². The number of likely N-dealkylation sites (N-methyl/N-ethyl adjacent to an activating group) is 2. The minimum Gasteiger partial charge on any atom is -0.497 e. The van der Waals surface area contributed by atoms with Crippen molar-refractivity contribution in [1.82, 2.24) is 20.0 Å². The van der Waals surface area contributed by atoms with Crippen molar-refractivity contribution in [3.8, 4) is 5.75 Å². The number of guanidine groups is 1. The molecule has 8 heteroatoms. The van der Waals surface area contributed by atoms with Crippen LogP contribution in [0.15, 0.2) is 29.3 Å². The van der Waals surface area contributed by atoms with E-state index >= 15 is 0 Å². The van der Waals surface area contributed by atoms with Crippen molar-refractivity contribution in [1.29, 1.82) is 0 Å². The Labute approximate surface area is 187 Å². The summed E-state index contributed by atoms with van der Waals surface area (Å²) in [5.41, 5.74) is 1.20. The maximum Gasteiger partial charge on any atom is 0.242 e. The predicted octanol–water partition coefficient (Wildman–Crippen LogP) is 1.83. The number of aliphatic imine (C=N–C) groups is 1. The zero-order valence-corrected chi connectivity index (χ0v) is 19.8. The lowest BCUT2D eigenvalue weighted by Crippen LogP contribution is -2.46. The SMILES string of the molecule is CCNC(=NCC(c1ccc(OC)cc1)N1CCOCC1)N(C)CC(=O)N(CC)CC. The first kappa shape index (κ1) is 24.9. The zero-order chi connectivity index (χ0) is 22.6. The Morgan fingerprint density at radius 3 is 2.39 bits per heavy atom. The predicted molar refractivity (Wildman–Crippen MR) is 125 cm³/mol. The lowest BCUT2D eigenvalue weighted by atomic mass is 10.0. The molecule has 0 radical (unpaired) electrons. The average Bonchev–Trinajstić information content (AvgIpc) is 2.80. The molecule has 1 atom stereocenters. The summed E-state index contributed by atoms with van der Waals surface area (Å²) in [6, 6.07) is 8.33. The summed E-state index contributed by atoms with van der Waals surface area (Å²) in [5, 5.41) is 3.33. The van der Waals surface area contributed by atoms with Crippen LogP contribution in [0.2, 0.25) is 0 Å².